The van der Waals surface area contributed by atoms with E-state index in [1.807, 2.05) is 42.5 Å². The Hall–Kier alpha value is -3.31. The van der Waals surface area contributed by atoms with Crippen molar-refractivity contribution in [3.05, 3.63) is 88.9 Å². The Labute approximate surface area is 174 Å². The van der Waals surface area contributed by atoms with Gasteiger partial charge in [0.15, 0.2) is 0 Å². The first kappa shape index (κ1) is 20.4. The topological polar surface area (TPSA) is 81.4 Å². The zero-order chi connectivity index (χ0) is 20.8. The van der Waals surface area contributed by atoms with Gasteiger partial charge in [0.25, 0.3) is 5.91 Å². The molecule has 0 aliphatic rings. The van der Waals surface area contributed by atoms with Gasteiger partial charge in [-0.05, 0) is 41.0 Å². The fourth-order valence-corrected chi connectivity index (χ4v) is 3.26. The van der Waals surface area contributed by atoms with Crippen LogP contribution < -0.4 is 15.8 Å². The SMILES string of the molecule is COc1ccc(C[C@@H](NC(=O)c2ccc(-c3ccccc3)cc2)C(N)=O)cc1Cl. The number of benzene rings is 3. The summed E-state index contributed by atoms with van der Waals surface area (Å²) in [4.78, 5) is 24.5. The standard InChI is InChI=1S/C23H21ClN2O3/c1-29-21-12-7-15(13-19(21)24)14-20(22(25)27)26-23(28)18-10-8-17(9-11-18)16-5-3-2-4-6-16/h2-13,20H,14H2,1H3,(H2,25,27)(H,26,28)/t20-/m1/s1. The minimum absolute atomic E-state index is 0.229. The Kier molecular flexibility index (Phi) is 6.52. The molecule has 0 radical (unpaired) electrons. The quantitative estimate of drug-likeness (QED) is 0.623. The van der Waals surface area contributed by atoms with Gasteiger partial charge in [-0.3, -0.25) is 9.59 Å². The summed E-state index contributed by atoms with van der Waals surface area (Å²) in [5, 5.41) is 3.13. The van der Waals surface area contributed by atoms with Crippen molar-refractivity contribution in [2.75, 3.05) is 7.11 Å². The summed E-state index contributed by atoms with van der Waals surface area (Å²) in [5.74, 6) is -0.451. The van der Waals surface area contributed by atoms with Crippen molar-refractivity contribution in [1.29, 1.82) is 0 Å². The van der Waals surface area contributed by atoms with E-state index in [1.54, 1.807) is 30.3 Å². The summed E-state index contributed by atoms with van der Waals surface area (Å²) in [7, 11) is 1.52. The average molecular weight is 409 g/mol. The van der Waals surface area contributed by atoms with Crippen molar-refractivity contribution in [3.63, 3.8) is 0 Å². The van der Waals surface area contributed by atoms with E-state index in [4.69, 9.17) is 22.1 Å². The van der Waals surface area contributed by atoms with Crippen LogP contribution in [0.3, 0.4) is 0 Å². The van der Waals surface area contributed by atoms with Gasteiger partial charge in [-0.1, -0.05) is 60.1 Å². The highest BCUT2D eigenvalue weighted by Crippen LogP contribution is 2.25. The Balaban J connectivity index is 1.71. The van der Waals surface area contributed by atoms with Crippen molar-refractivity contribution >= 4 is 23.4 Å². The van der Waals surface area contributed by atoms with Crippen molar-refractivity contribution in [1.82, 2.24) is 5.32 Å². The maximum Gasteiger partial charge on any atom is 0.251 e. The van der Waals surface area contributed by atoms with Crippen LogP contribution >= 0.6 is 11.6 Å². The highest BCUT2D eigenvalue weighted by molar-refractivity contribution is 6.32. The number of methoxy groups -OCH3 is 1. The third-order valence-electron chi connectivity index (χ3n) is 4.56. The van der Waals surface area contributed by atoms with Crippen molar-refractivity contribution in [3.8, 4) is 16.9 Å². The van der Waals surface area contributed by atoms with Gasteiger partial charge in [0.05, 0.1) is 12.1 Å². The van der Waals surface area contributed by atoms with Crippen molar-refractivity contribution in [2.24, 2.45) is 5.73 Å². The van der Waals surface area contributed by atoms with Crippen LogP contribution in [0.25, 0.3) is 11.1 Å². The lowest BCUT2D eigenvalue weighted by Gasteiger charge is -2.16. The minimum atomic E-state index is -0.860. The lowest BCUT2D eigenvalue weighted by Crippen LogP contribution is -2.45. The predicted molar refractivity (Wildman–Crippen MR) is 114 cm³/mol. The van der Waals surface area contributed by atoms with Crippen LogP contribution in [-0.2, 0) is 11.2 Å². The Morgan fingerprint density at radius 3 is 2.24 bits per heavy atom. The minimum Gasteiger partial charge on any atom is -0.495 e. The van der Waals surface area contributed by atoms with Crippen molar-refractivity contribution in [2.45, 2.75) is 12.5 Å². The third kappa shape index (κ3) is 5.15. The first-order valence-corrected chi connectivity index (χ1v) is 9.44. The van der Waals surface area contributed by atoms with Crippen LogP contribution in [0.5, 0.6) is 5.75 Å². The Morgan fingerprint density at radius 2 is 1.66 bits per heavy atom. The van der Waals surface area contributed by atoms with Gasteiger partial charge < -0.3 is 15.8 Å². The second kappa shape index (κ2) is 9.26. The fourth-order valence-electron chi connectivity index (χ4n) is 2.98. The molecule has 2 amide bonds. The molecule has 3 aromatic rings. The van der Waals surface area contributed by atoms with E-state index in [0.717, 1.165) is 16.7 Å². The molecule has 3 rings (SSSR count). The number of hydrogen-bond acceptors (Lipinski definition) is 3. The number of carbonyl (C=O) groups is 2. The normalized spacial score (nSPS) is 11.5. The van der Waals surface area contributed by atoms with E-state index in [2.05, 4.69) is 5.32 Å². The maximum absolute atomic E-state index is 12.6. The lowest BCUT2D eigenvalue weighted by molar-refractivity contribution is -0.119. The fraction of sp³-hybridized carbons (Fsp3) is 0.130. The molecule has 148 valence electrons. The number of amides is 2. The summed E-state index contributed by atoms with van der Waals surface area (Å²) in [6.45, 7) is 0. The number of ether oxygens (including phenoxy) is 1. The Bertz CT molecular complexity index is 1000. The van der Waals surface area contributed by atoms with Crippen LogP contribution in [0.1, 0.15) is 15.9 Å². The smallest absolute Gasteiger partial charge is 0.251 e. The Morgan fingerprint density at radius 1 is 1.00 bits per heavy atom. The number of nitrogens with one attached hydrogen (secondary N) is 1. The van der Waals surface area contributed by atoms with Crippen LogP contribution in [0, 0.1) is 0 Å². The highest BCUT2D eigenvalue weighted by atomic mass is 35.5. The second-order valence-electron chi connectivity index (χ2n) is 6.54. The van der Waals surface area contributed by atoms with Crippen LogP contribution in [0.4, 0.5) is 0 Å². The van der Waals surface area contributed by atoms with Gasteiger partial charge >= 0.3 is 0 Å². The number of carbonyl (C=O) groups excluding carboxylic acids is 2. The molecule has 0 aromatic heterocycles. The third-order valence-corrected chi connectivity index (χ3v) is 4.85. The van der Waals surface area contributed by atoms with E-state index in [0.29, 0.717) is 16.3 Å². The van der Waals surface area contributed by atoms with Crippen LogP contribution in [0.2, 0.25) is 5.02 Å². The number of primary amides is 1. The van der Waals surface area contributed by atoms with Gasteiger partial charge in [0.1, 0.15) is 11.8 Å². The van der Waals surface area contributed by atoms with Gasteiger partial charge in [-0.15, -0.1) is 0 Å². The predicted octanol–water partition coefficient (Wildman–Crippen LogP) is 3.84. The summed E-state index contributed by atoms with van der Waals surface area (Å²) in [6, 6.07) is 21.4. The molecule has 0 fully saturated rings. The first-order valence-electron chi connectivity index (χ1n) is 9.06. The van der Waals surface area contributed by atoms with E-state index < -0.39 is 11.9 Å². The molecule has 0 aliphatic carbocycles. The molecule has 0 spiro atoms. The molecule has 1 atom stereocenters. The second-order valence-corrected chi connectivity index (χ2v) is 6.95. The molecule has 0 saturated heterocycles. The molecule has 0 heterocycles. The molecule has 0 unspecified atom stereocenters. The van der Waals surface area contributed by atoms with Gasteiger partial charge in [-0.25, -0.2) is 0 Å². The summed E-state index contributed by atoms with van der Waals surface area (Å²) in [6.07, 6.45) is 0.229. The number of hydrogen-bond donors (Lipinski definition) is 2. The first-order chi connectivity index (χ1) is 14.0. The van der Waals surface area contributed by atoms with Gasteiger partial charge in [0, 0.05) is 12.0 Å². The number of nitrogens with two attached hydrogens (primary N) is 1. The highest BCUT2D eigenvalue weighted by Gasteiger charge is 2.20. The van der Waals surface area contributed by atoms with E-state index >= 15 is 0 Å². The molecule has 0 aliphatic heterocycles. The van der Waals surface area contributed by atoms with Crippen LogP contribution in [0.15, 0.2) is 72.8 Å². The summed E-state index contributed by atoms with van der Waals surface area (Å²) < 4.78 is 5.12. The molecule has 5 nitrogen and oxygen atoms in total. The average Bonchev–Trinajstić information content (AvgIpc) is 2.74. The maximum atomic E-state index is 12.6. The van der Waals surface area contributed by atoms with Crippen molar-refractivity contribution < 1.29 is 14.3 Å². The van der Waals surface area contributed by atoms with Gasteiger partial charge in [-0.2, -0.15) is 0 Å². The number of rotatable bonds is 7. The van der Waals surface area contributed by atoms with E-state index in [9.17, 15) is 9.59 Å². The lowest BCUT2D eigenvalue weighted by atomic mass is 10.0. The molecule has 3 aromatic carbocycles. The number of halogens is 1. The zero-order valence-corrected chi connectivity index (χ0v) is 16.6. The van der Waals surface area contributed by atoms with E-state index in [-0.39, 0.29) is 12.3 Å². The molecule has 29 heavy (non-hydrogen) atoms. The largest absolute Gasteiger partial charge is 0.495 e. The van der Waals surface area contributed by atoms with Gasteiger partial charge in [0.2, 0.25) is 5.91 Å². The molecule has 0 saturated carbocycles. The summed E-state index contributed by atoms with van der Waals surface area (Å²) in [5.41, 5.74) is 8.77. The van der Waals surface area contributed by atoms with Crippen LogP contribution in [-0.4, -0.2) is 25.0 Å². The molecular weight excluding hydrogens is 388 g/mol. The molecule has 0 bridgehead atoms. The zero-order valence-electron chi connectivity index (χ0n) is 15.9. The molecule has 3 N–H and O–H groups in total. The summed E-state index contributed by atoms with van der Waals surface area (Å²) >= 11 is 6.13. The van der Waals surface area contributed by atoms with E-state index in [1.165, 1.54) is 7.11 Å². The monoisotopic (exact) mass is 408 g/mol. The molecule has 6 heteroatoms. The molecular formula is C23H21ClN2O3.